The highest BCUT2D eigenvalue weighted by atomic mass is 35.5. The zero-order valence-electron chi connectivity index (χ0n) is 15.9. The van der Waals surface area contributed by atoms with Crippen molar-refractivity contribution in [2.24, 2.45) is 5.92 Å². The fourth-order valence-electron chi connectivity index (χ4n) is 3.75. The molecule has 27 heavy (non-hydrogen) atoms. The molecule has 0 spiro atoms. The maximum atomic E-state index is 11.7. The molecular weight excluding hydrogens is 370 g/mol. The van der Waals surface area contributed by atoms with E-state index in [2.05, 4.69) is 33.7 Å². The number of rotatable bonds is 5. The second-order valence-electron chi connectivity index (χ2n) is 7.36. The molecule has 0 unspecified atom stereocenters. The lowest BCUT2D eigenvalue weighted by Crippen LogP contribution is -2.49. The number of aromatic nitrogens is 3. The van der Waals surface area contributed by atoms with Crippen LogP contribution < -0.4 is 0 Å². The van der Waals surface area contributed by atoms with Crippen LogP contribution in [0.4, 0.5) is 4.79 Å². The number of aromatic amines is 1. The topological polar surface area (TPSA) is 94.6 Å². The van der Waals surface area contributed by atoms with E-state index < -0.39 is 0 Å². The van der Waals surface area contributed by atoms with E-state index >= 15 is 0 Å². The number of ether oxygens (including phenoxy) is 1. The lowest BCUT2D eigenvalue weighted by atomic mass is 9.89. The van der Waals surface area contributed by atoms with Crippen LogP contribution in [0.15, 0.2) is 6.20 Å². The molecule has 3 heterocycles. The van der Waals surface area contributed by atoms with Gasteiger partial charge in [0.15, 0.2) is 5.65 Å². The summed E-state index contributed by atoms with van der Waals surface area (Å²) < 4.78 is 4.80. The standard InChI is InChI=1S/C18H26ClN5O3/c1-11(2)8-12(10-23-4-6-24(7-5-23)18(26)27-3)14-13(19)9-20-16-15(14)21-17(25)22-16/h9,11-12H,4-8,10H2,1-3H3,(H2,20,21,22,25)/t12-/m1/s1. The van der Waals surface area contributed by atoms with Crippen molar-refractivity contribution >= 4 is 28.9 Å². The Balaban J connectivity index is 1.82. The molecule has 0 radical (unpaired) electrons. The quantitative estimate of drug-likeness (QED) is 0.808. The summed E-state index contributed by atoms with van der Waals surface area (Å²) in [5.41, 5.74) is 2.11. The number of aromatic hydroxyl groups is 1. The molecule has 148 valence electrons. The molecular formula is C18H26ClN5O3. The number of carbonyl (C=O) groups excluding carboxylic acids is 1. The number of hydrogen-bond donors (Lipinski definition) is 2. The number of H-pyrrole nitrogens is 1. The normalized spacial score (nSPS) is 16.9. The van der Waals surface area contributed by atoms with Crippen molar-refractivity contribution in [3.8, 4) is 6.01 Å². The molecule has 0 bridgehead atoms. The summed E-state index contributed by atoms with van der Waals surface area (Å²) in [6, 6.07) is -0.156. The molecule has 1 aliphatic rings. The number of fused-ring (bicyclic) bond motifs is 1. The van der Waals surface area contributed by atoms with Crippen LogP contribution in [0.2, 0.25) is 5.02 Å². The number of carbonyl (C=O) groups is 1. The van der Waals surface area contributed by atoms with E-state index in [1.807, 2.05) is 0 Å². The fourth-order valence-corrected chi connectivity index (χ4v) is 4.04. The van der Waals surface area contributed by atoms with Crippen LogP contribution in [0.3, 0.4) is 0 Å². The van der Waals surface area contributed by atoms with Gasteiger partial charge in [-0.15, -0.1) is 0 Å². The molecule has 1 atom stereocenters. The molecule has 1 saturated heterocycles. The van der Waals surface area contributed by atoms with Crippen LogP contribution in [-0.4, -0.2) is 75.8 Å². The van der Waals surface area contributed by atoms with Gasteiger partial charge >= 0.3 is 6.09 Å². The first-order chi connectivity index (χ1) is 12.9. The summed E-state index contributed by atoms with van der Waals surface area (Å²) in [6.45, 7) is 8.02. The number of imidazole rings is 1. The van der Waals surface area contributed by atoms with E-state index in [4.69, 9.17) is 16.3 Å². The first-order valence-corrected chi connectivity index (χ1v) is 9.55. The van der Waals surface area contributed by atoms with Gasteiger partial charge in [0, 0.05) is 50.4 Å². The SMILES string of the molecule is COC(=O)N1CCN(C[C@@H](CC(C)C)c2c(Cl)cnc3nc(O)[nH]c23)CC1. The molecule has 1 fully saturated rings. The summed E-state index contributed by atoms with van der Waals surface area (Å²) in [6.07, 6.45) is 2.26. The Labute approximate surface area is 163 Å². The zero-order valence-corrected chi connectivity index (χ0v) is 16.7. The predicted molar refractivity (Wildman–Crippen MR) is 103 cm³/mol. The summed E-state index contributed by atoms with van der Waals surface area (Å²) in [5.74, 6) is 0.634. The third kappa shape index (κ3) is 4.44. The van der Waals surface area contributed by atoms with Gasteiger partial charge < -0.3 is 19.7 Å². The average Bonchev–Trinajstić information content (AvgIpc) is 3.01. The van der Waals surface area contributed by atoms with E-state index in [1.165, 1.54) is 7.11 Å². The van der Waals surface area contributed by atoms with E-state index in [9.17, 15) is 9.90 Å². The molecule has 0 aliphatic carbocycles. The van der Waals surface area contributed by atoms with Gasteiger partial charge in [0.25, 0.3) is 6.01 Å². The van der Waals surface area contributed by atoms with Crippen LogP contribution >= 0.6 is 11.6 Å². The molecule has 3 rings (SSSR count). The number of methoxy groups -OCH3 is 1. The predicted octanol–water partition coefficient (Wildman–Crippen LogP) is 2.83. The minimum Gasteiger partial charge on any atom is -0.480 e. The van der Waals surface area contributed by atoms with Crippen LogP contribution in [0, 0.1) is 5.92 Å². The maximum Gasteiger partial charge on any atom is 0.409 e. The molecule has 1 amide bonds. The first-order valence-electron chi connectivity index (χ1n) is 9.17. The Bertz CT molecular complexity index is 802. The molecule has 0 aromatic carbocycles. The first kappa shape index (κ1) is 19.7. The largest absolute Gasteiger partial charge is 0.480 e. The summed E-state index contributed by atoms with van der Waals surface area (Å²) in [4.78, 5) is 26.9. The molecule has 9 heteroatoms. The highest BCUT2D eigenvalue weighted by Gasteiger charge is 2.27. The van der Waals surface area contributed by atoms with Gasteiger partial charge in [0.05, 0.1) is 17.6 Å². The Morgan fingerprint density at radius 1 is 1.37 bits per heavy atom. The zero-order chi connectivity index (χ0) is 19.6. The number of piperazine rings is 1. The van der Waals surface area contributed by atoms with Crippen LogP contribution in [0.5, 0.6) is 6.01 Å². The van der Waals surface area contributed by atoms with Gasteiger partial charge in [0.1, 0.15) is 0 Å². The summed E-state index contributed by atoms with van der Waals surface area (Å²) in [5, 5.41) is 10.3. The van der Waals surface area contributed by atoms with Crippen molar-refractivity contribution in [2.45, 2.75) is 26.2 Å². The van der Waals surface area contributed by atoms with E-state index in [0.717, 1.165) is 31.6 Å². The third-order valence-corrected chi connectivity index (χ3v) is 5.25. The number of amides is 1. The Kier molecular flexibility index (Phi) is 6.06. The minimum absolute atomic E-state index is 0.156. The van der Waals surface area contributed by atoms with E-state index in [0.29, 0.717) is 35.2 Å². The highest BCUT2D eigenvalue weighted by Crippen LogP contribution is 2.35. The van der Waals surface area contributed by atoms with Crippen molar-refractivity contribution in [3.05, 3.63) is 16.8 Å². The van der Waals surface area contributed by atoms with Crippen LogP contribution in [-0.2, 0) is 4.74 Å². The van der Waals surface area contributed by atoms with Crippen molar-refractivity contribution in [3.63, 3.8) is 0 Å². The van der Waals surface area contributed by atoms with Gasteiger partial charge in [-0.05, 0) is 12.3 Å². The lowest BCUT2D eigenvalue weighted by molar-refractivity contribution is 0.0882. The van der Waals surface area contributed by atoms with E-state index in [1.54, 1.807) is 11.1 Å². The van der Waals surface area contributed by atoms with Crippen molar-refractivity contribution < 1.29 is 14.6 Å². The summed E-state index contributed by atoms with van der Waals surface area (Å²) >= 11 is 6.51. The smallest absolute Gasteiger partial charge is 0.409 e. The number of hydrogen-bond acceptors (Lipinski definition) is 6. The van der Waals surface area contributed by atoms with Crippen molar-refractivity contribution in [1.82, 2.24) is 24.8 Å². The Morgan fingerprint density at radius 2 is 2.07 bits per heavy atom. The molecule has 1 aliphatic heterocycles. The maximum absolute atomic E-state index is 11.7. The van der Waals surface area contributed by atoms with Gasteiger partial charge in [-0.1, -0.05) is 25.4 Å². The number of nitrogens with zero attached hydrogens (tertiary/aromatic N) is 4. The van der Waals surface area contributed by atoms with Gasteiger partial charge in [-0.25, -0.2) is 9.78 Å². The second kappa shape index (κ2) is 8.31. The van der Waals surface area contributed by atoms with Crippen LogP contribution in [0.1, 0.15) is 31.7 Å². The lowest BCUT2D eigenvalue weighted by Gasteiger charge is -2.36. The van der Waals surface area contributed by atoms with Crippen molar-refractivity contribution in [1.29, 1.82) is 0 Å². The molecule has 0 saturated carbocycles. The molecule has 2 N–H and O–H groups in total. The number of pyridine rings is 1. The van der Waals surface area contributed by atoms with E-state index in [-0.39, 0.29) is 18.0 Å². The second-order valence-corrected chi connectivity index (χ2v) is 7.77. The Hall–Kier alpha value is -2.06. The molecule has 2 aromatic rings. The minimum atomic E-state index is -0.278. The number of halogens is 1. The third-order valence-electron chi connectivity index (χ3n) is 4.95. The molecule has 8 nitrogen and oxygen atoms in total. The highest BCUT2D eigenvalue weighted by molar-refractivity contribution is 6.32. The van der Waals surface area contributed by atoms with Crippen molar-refractivity contribution in [2.75, 3.05) is 39.8 Å². The summed E-state index contributed by atoms with van der Waals surface area (Å²) in [7, 11) is 1.41. The van der Waals surface area contributed by atoms with Crippen LogP contribution in [0.25, 0.3) is 11.2 Å². The number of nitrogens with one attached hydrogen (secondary N) is 1. The monoisotopic (exact) mass is 395 g/mol. The van der Waals surface area contributed by atoms with Gasteiger partial charge in [-0.2, -0.15) is 4.98 Å². The fraction of sp³-hybridized carbons (Fsp3) is 0.611. The average molecular weight is 396 g/mol. The van der Waals surface area contributed by atoms with Gasteiger partial charge in [-0.3, -0.25) is 4.90 Å². The Morgan fingerprint density at radius 3 is 2.70 bits per heavy atom. The van der Waals surface area contributed by atoms with Gasteiger partial charge in [0.2, 0.25) is 0 Å². The molecule has 2 aromatic heterocycles.